The van der Waals surface area contributed by atoms with Crippen molar-refractivity contribution in [2.45, 2.75) is 153 Å². The molecule has 3 aliphatic rings. The van der Waals surface area contributed by atoms with Crippen LogP contribution in [0.25, 0.3) is 0 Å². The number of allylic oxidation sites excluding steroid dienone is 3. The van der Waals surface area contributed by atoms with E-state index in [2.05, 4.69) is 33.4 Å². The molecule has 7 atom stereocenters. The summed E-state index contributed by atoms with van der Waals surface area (Å²) in [6.45, 7) is 15.8. The van der Waals surface area contributed by atoms with Gasteiger partial charge in [-0.1, -0.05) is 17.7 Å². The van der Waals surface area contributed by atoms with Crippen molar-refractivity contribution in [1.29, 1.82) is 0 Å². The molecule has 3 aliphatic heterocycles. The highest BCUT2D eigenvalue weighted by atomic mass is 16.6. The molecule has 33 heavy (non-hydrogen) atoms. The predicted octanol–water partition coefficient (Wildman–Crippen LogP) is 5.62. The van der Waals surface area contributed by atoms with Gasteiger partial charge in [-0.2, -0.15) is 0 Å². The van der Waals surface area contributed by atoms with Crippen LogP contribution in [0.2, 0.25) is 0 Å². The van der Waals surface area contributed by atoms with Gasteiger partial charge in [0.2, 0.25) is 0 Å². The van der Waals surface area contributed by atoms with Crippen molar-refractivity contribution in [3.8, 4) is 0 Å². The van der Waals surface area contributed by atoms with Crippen molar-refractivity contribution in [3.05, 3.63) is 24.3 Å². The van der Waals surface area contributed by atoms with E-state index in [1.807, 2.05) is 26.8 Å². The maximum atomic E-state index is 11.2. The fourth-order valence-corrected chi connectivity index (χ4v) is 5.87. The SMILES string of the molecule is C=CCC/C(C)=C/CC[C@@](C)(O)[C@@H]1CC[C@@H]([C@@]2(C)CC[C@@H]([C@@]3(C)CC[C@@H](C(C)(C)O)O3)O2)O1. The molecule has 3 heterocycles. The molecule has 0 saturated carbocycles. The summed E-state index contributed by atoms with van der Waals surface area (Å²) in [7, 11) is 0. The molecule has 0 spiro atoms. The van der Waals surface area contributed by atoms with Gasteiger partial charge in [0.1, 0.15) is 0 Å². The zero-order valence-electron chi connectivity index (χ0n) is 21.9. The van der Waals surface area contributed by atoms with Gasteiger partial charge in [-0.05, 0) is 106 Å². The van der Waals surface area contributed by atoms with E-state index >= 15 is 0 Å². The third-order valence-corrected chi connectivity index (χ3v) is 8.38. The van der Waals surface area contributed by atoms with E-state index in [-0.39, 0.29) is 35.6 Å². The van der Waals surface area contributed by atoms with E-state index in [0.29, 0.717) is 6.42 Å². The molecular weight excluding hydrogens is 416 g/mol. The van der Waals surface area contributed by atoms with Crippen molar-refractivity contribution >= 4 is 0 Å². The topological polar surface area (TPSA) is 68.2 Å². The van der Waals surface area contributed by atoms with Crippen LogP contribution in [0.4, 0.5) is 0 Å². The Morgan fingerprint density at radius 3 is 2.24 bits per heavy atom. The molecule has 5 nitrogen and oxygen atoms in total. The van der Waals surface area contributed by atoms with Gasteiger partial charge >= 0.3 is 0 Å². The van der Waals surface area contributed by atoms with Crippen LogP contribution in [0.1, 0.15) is 106 Å². The summed E-state index contributed by atoms with van der Waals surface area (Å²) in [6, 6.07) is 0. The van der Waals surface area contributed by atoms with E-state index in [0.717, 1.165) is 57.8 Å². The molecule has 190 valence electrons. The highest BCUT2D eigenvalue weighted by Crippen LogP contribution is 2.48. The third-order valence-electron chi connectivity index (χ3n) is 8.38. The molecule has 0 aromatic rings. The van der Waals surface area contributed by atoms with Gasteiger partial charge in [-0.15, -0.1) is 6.58 Å². The van der Waals surface area contributed by atoms with Crippen LogP contribution in [0.15, 0.2) is 24.3 Å². The molecule has 0 aliphatic carbocycles. The van der Waals surface area contributed by atoms with Crippen molar-refractivity contribution in [2.75, 3.05) is 0 Å². The molecule has 5 heteroatoms. The molecular formula is C28H48O5. The molecule has 0 unspecified atom stereocenters. The monoisotopic (exact) mass is 464 g/mol. The minimum atomic E-state index is -0.848. The third kappa shape index (κ3) is 6.29. The fourth-order valence-electron chi connectivity index (χ4n) is 5.87. The first kappa shape index (κ1) is 26.9. The molecule has 0 bridgehead atoms. The zero-order valence-corrected chi connectivity index (χ0v) is 21.9. The van der Waals surface area contributed by atoms with Crippen molar-refractivity contribution < 1.29 is 24.4 Å². The van der Waals surface area contributed by atoms with E-state index < -0.39 is 11.2 Å². The Morgan fingerprint density at radius 2 is 1.61 bits per heavy atom. The lowest BCUT2D eigenvalue weighted by molar-refractivity contribution is -0.201. The van der Waals surface area contributed by atoms with Gasteiger partial charge in [0.25, 0.3) is 0 Å². The Balaban J connectivity index is 1.54. The zero-order chi connectivity index (χ0) is 24.5. The summed E-state index contributed by atoms with van der Waals surface area (Å²) in [5.41, 5.74) is -1.08. The first-order chi connectivity index (χ1) is 15.3. The molecule has 0 aromatic carbocycles. The Hall–Kier alpha value is -0.720. The smallest absolute Gasteiger partial charge is 0.0921 e. The predicted molar refractivity (Wildman–Crippen MR) is 132 cm³/mol. The maximum Gasteiger partial charge on any atom is 0.0921 e. The minimum Gasteiger partial charge on any atom is -0.388 e. The summed E-state index contributed by atoms with van der Waals surface area (Å²) in [5.74, 6) is 0. The van der Waals surface area contributed by atoms with Gasteiger partial charge in [-0.25, -0.2) is 0 Å². The number of aliphatic hydroxyl groups is 2. The average Bonchev–Trinajstić information content (AvgIpc) is 3.45. The fraction of sp³-hybridized carbons (Fsp3) is 0.857. The van der Waals surface area contributed by atoms with Crippen molar-refractivity contribution in [3.63, 3.8) is 0 Å². The first-order valence-corrected chi connectivity index (χ1v) is 13.0. The second kappa shape index (κ2) is 10.1. The quantitative estimate of drug-likeness (QED) is 0.411. The summed E-state index contributed by atoms with van der Waals surface area (Å²) >= 11 is 0. The van der Waals surface area contributed by atoms with Crippen LogP contribution in [-0.2, 0) is 14.2 Å². The van der Waals surface area contributed by atoms with E-state index in [4.69, 9.17) is 14.2 Å². The van der Waals surface area contributed by atoms with E-state index in [1.165, 1.54) is 5.57 Å². The molecule has 2 N–H and O–H groups in total. The normalized spacial score (nSPS) is 39.7. The van der Waals surface area contributed by atoms with Crippen LogP contribution in [0.5, 0.6) is 0 Å². The van der Waals surface area contributed by atoms with Crippen LogP contribution in [0, 0.1) is 0 Å². The Morgan fingerprint density at radius 1 is 0.939 bits per heavy atom. The number of hydrogen-bond donors (Lipinski definition) is 2. The minimum absolute atomic E-state index is 0.00156. The lowest BCUT2D eigenvalue weighted by Crippen LogP contribution is -2.47. The van der Waals surface area contributed by atoms with Gasteiger partial charge in [-0.3, -0.25) is 0 Å². The lowest BCUT2D eigenvalue weighted by Gasteiger charge is -2.38. The standard InChI is InChI=1S/C28H48O5/c1-8-9-11-20(2)12-10-17-26(5,30)22-13-14-23(31-22)27(6)19-16-24(33-27)28(7)18-15-21(32-28)25(3,4)29/h8,12,21-24,29-30H,1,9-11,13-19H2,2-7H3/b20-12+/t21-,22-,23-,24-,26+,27+,28+/m0/s1. The summed E-state index contributed by atoms with van der Waals surface area (Å²) in [6.07, 6.45) is 12.8. The lowest BCUT2D eigenvalue weighted by atomic mass is 9.89. The number of ether oxygens (including phenoxy) is 3. The molecule has 0 radical (unpaired) electrons. The van der Waals surface area contributed by atoms with Crippen LogP contribution >= 0.6 is 0 Å². The number of hydrogen-bond acceptors (Lipinski definition) is 5. The van der Waals surface area contributed by atoms with E-state index in [1.54, 1.807) is 0 Å². The second-order valence-electron chi connectivity index (χ2n) is 12.0. The van der Waals surface area contributed by atoms with Crippen molar-refractivity contribution in [1.82, 2.24) is 0 Å². The second-order valence-corrected chi connectivity index (χ2v) is 12.0. The summed E-state index contributed by atoms with van der Waals surface area (Å²) in [5, 5.41) is 21.5. The molecule has 3 fully saturated rings. The molecule has 0 amide bonds. The Labute approximate surface area is 201 Å². The molecule has 0 aromatic heterocycles. The van der Waals surface area contributed by atoms with Gasteiger partial charge < -0.3 is 24.4 Å². The Kier molecular flexibility index (Phi) is 8.23. The highest BCUT2D eigenvalue weighted by Gasteiger charge is 2.55. The summed E-state index contributed by atoms with van der Waals surface area (Å²) < 4.78 is 19.5. The Bertz CT molecular complexity index is 708. The van der Waals surface area contributed by atoms with Crippen molar-refractivity contribution in [2.24, 2.45) is 0 Å². The largest absolute Gasteiger partial charge is 0.388 e. The van der Waals surface area contributed by atoms with Crippen LogP contribution in [-0.4, -0.2) is 57.0 Å². The van der Waals surface area contributed by atoms with Crippen LogP contribution in [0.3, 0.4) is 0 Å². The maximum absolute atomic E-state index is 11.2. The average molecular weight is 465 g/mol. The summed E-state index contributed by atoms with van der Waals surface area (Å²) in [4.78, 5) is 0. The number of rotatable bonds is 10. The van der Waals surface area contributed by atoms with Gasteiger partial charge in [0.05, 0.1) is 46.8 Å². The van der Waals surface area contributed by atoms with Gasteiger partial charge in [0, 0.05) is 0 Å². The molecule has 3 saturated heterocycles. The van der Waals surface area contributed by atoms with Crippen LogP contribution < -0.4 is 0 Å². The van der Waals surface area contributed by atoms with E-state index in [9.17, 15) is 10.2 Å². The van der Waals surface area contributed by atoms with Gasteiger partial charge in [0.15, 0.2) is 0 Å². The molecule has 3 rings (SSSR count). The first-order valence-electron chi connectivity index (χ1n) is 13.0. The highest BCUT2D eigenvalue weighted by molar-refractivity contribution is 5.05.